The molecule has 0 saturated carbocycles. The first-order valence-electron chi connectivity index (χ1n) is 7.85. The summed E-state index contributed by atoms with van der Waals surface area (Å²) < 4.78 is 5.18. The van der Waals surface area contributed by atoms with E-state index in [9.17, 15) is 4.79 Å². The molecule has 7 heteroatoms. The number of halogens is 1. The molecule has 2 rings (SSSR count). The number of hydrogen-bond donors (Lipinski definition) is 2. The molecule has 0 aliphatic rings. The van der Waals surface area contributed by atoms with Crippen LogP contribution in [0.1, 0.15) is 16.9 Å². The molecule has 136 valence electrons. The fraction of sp³-hybridized carbons (Fsp3) is 0.333. The summed E-state index contributed by atoms with van der Waals surface area (Å²) in [6, 6.07) is 11.8. The summed E-state index contributed by atoms with van der Waals surface area (Å²) in [6.07, 6.45) is 1.59. The number of carbonyl (C=O) groups is 1. The largest absolute Gasteiger partial charge is 0.467 e. The molecule has 0 aliphatic carbocycles. The molecule has 25 heavy (non-hydrogen) atoms. The van der Waals surface area contributed by atoms with Gasteiger partial charge in [-0.25, -0.2) is 0 Å². The van der Waals surface area contributed by atoms with E-state index in [0.717, 1.165) is 12.3 Å². The average Bonchev–Trinajstić information content (AvgIpc) is 3.09. The van der Waals surface area contributed by atoms with E-state index in [1.54, 1.807) is 19.4 Å². The third-order valence-corrected chi connectivity index (χ3v) is 3.69. The summed E-state index contributed by atoms with van der Waals surface area (Å²) in [4.78, 5) is 18.1. The minimum absolute atomic E-state index is 0. The van der Waals surface area contributed by atoms with Crippen molar-refractivity contribution in [3.05, 3.63) is 59.5 Å². The van der Waals surface area contributed by atoms with E-state index >= 15 is 0 Å². The van der Waals surface area contributed by atoms with Crippen LogP contribution < -0.4 is 10.6 Å². The molecule has 0 atom stereocenters. The molecule has 1 heterocycles. The number of benzene rings is 1. The molecule has 1 aromatic carbocycles. The lowest BCUT2D eigenvalue weighted by atomic mass is 10.1. The Morgan fingerprint density at radius 2 is 1.96 bits per heavy atom. The van der Waals surface area contributed by atoms with Gasteiger partial charge in [0, 0.05) is 20.6 Å². The summed E-state index contributed by atoms with van der Waals surface area (Å²) >= 11 is 0. The van der Waals surface area contributed by atoms with Crippen LogP contribution in [0.3, 0.4) is 0 Å². The van der Waals surface area contributed by atoms with Gasteiger partial charge in [-0.1, -0.05) is 24.3 Å². The van der Waals surface area contributed by atoms with Crippen LogP contribution in [-0.4, -0.2) is 37.4 Å². The molecule has 1 amide bonds. The van der Waals surface area contributed by atoms with Crippen LogP contribution in [0.2, 0.25) is 0 Å². The second-order valence-corrected chi connectivity index (χ2v) is 5.54. The lowest BCUT2D eigenvalue weighted by Crippen LogP contribution is -2.43. The van der Waals surface area contributed by atoms with Crippen LogP contribution in [-0.2, 0) is 17.9 Å². The summed E-state index contributed by atoms with van der Waals surface area (Å²) in [7, 11) is 3.65. The Hall–Kier alpha value is -2.03. The average molecular weight is 456 g/mol. The number of amides is 1. The van der Waals surface area contributed by atoms with E-state index in [0.29, 0.717) is 12.5 Å². The number of aliphatic imine (C=N–C) groups is 1. The number of rotatable bonds is 6. The van der Waals surface area contributed by atoms with Gasteiger partial charge in [-0.05, 0) is 30.2 Å². The molecule has 0 radical (unpaired) electrons. The van der Waals surface area contributed by atoms with Crippen molar-refractivity contribution in [1.29, 1.82) is 0 Å². The highest BCUT2D eigenvalue weighted by Gasteiger charge is 2.10. The second kappa shape index (κ2) is 10.8. The zero-order chi connectivity index (χ0) is 17.4. The summed E-state index contributed by atoms with van der Waals surface area (Å²) in [5, 5.41) is 5.87. The van der Waals surface area contributed by atoms with E-state index < -0.39 is 0 Å². The van der Waals surface area contributed by atoms with Crippen molar-refractivity contribution in [1.82, 2.24) is 15.5 Å². The Kier molecular flexibility index (Phi) is 9.04. The van der Waals surface area contributed by atoms with Crippen LogP contribution in [0.5, 0.6) is 0 Å². The maximum atomic E-state index is 11.9. The molecule has 0 unspecified atom stereocenters. The third-order valence-electron chi connectivity index (χ3n) is 3.69. The van der Waals surface area contributed by atoms with E-state index in [2.05, 4.69) is 34.7 Å². The summed E-state index contributed by atoms with van der Waals surface area (Å²) in [5.74, 6) is 1.28. The Labute approximate surface area is 165 Å². The molecule has 0 fully saturated rings. The topological polar surface area (TPSA) is 69.9 Å². The molecule has 6 nitrogen and oxygen atoms in total. The Bertz CT molecular complexity index is 686. The summed E-state index contributed by atoms with van der Waals surface area (Å²) in [6.45, 7) is 3.35. The Balaban J connectivity index is 0.00000312. The van der Waals surface area contributed by atoms with Gasteiger partial charge in [0.2, 0.25) is 5.91 Å². The number of aryl methyl sites for hydroxylation is 1. The molecular weight excluding hydrogens is 431 g/mol. The molecular formula is C18H25IN4O2. The molecule has 0 spiro atoms. The Morgan fingerprint density at radius 1 is 1.20 bits per heavy atom. The Morgan fingerprint density at radius 3 is 2.60 bits per heavy atom. The van der Waals surface area contributed by atoms with Crippen molar-refractivity contribution in [2.45, 2.75) is 20.0 Å². The number of hydrogen-bond acceptors (Lipinski definition) is 3. The van der Waals surface area contributed by atoms with Crippen LogP contribution >= 0.6 is 24.0 Å². The monoisotopic (exact) mass is 456 g/mol. The number of nitrogens with one attached hydrogen (secondary N) is 2. The number of carbonyl (C=O) groups excluding carboxylic acids is 1. The molecule has 2 aromatic rings. The first-order chi connectivity index (χ1) is 11.6. The predicted octanol–water partition coefficient (Wildman–Crippen LogP) is 2.53. The van der Waals surface area contributed by atoms with E-state index in [1.165, 1.54) is 11.1 Å². The second-order valence-electron chi connectivity index (χ2n) is 5.54. The van der Waals surface area contributed by atoms with Crippen LogP contribution in [0.15, 0.2) is 52.1 Å². The maximum Gasteiger partial charge on any atom is 0.239 e. The summed E-state index contributed by atoms with van der Waals surface area (Å²) in [5.41, 5.74) is 2.46. The maximum absolute atomic E-state index is 11.9. The van der Waals surface area contributed by atoms with Gasteiger partial charge in [0.25, 0.3) is 0 Å². The highest BCUT2D eigenvalue weighted by atomic mass is 127. The van der Waals surface area contributed by atoms with Crippen molar-refractivity contribution in [2.24, 2.45) is 4.99 Å². The van der Waals surface area contributed by atoms with Crippen molar-refractivity contribution in [3.63, 3.8) is 0 Å². The first kappa shape index (κ1) is 21.0. The SMILES string of the molecule is CN=C(NCC(=O)NCc1ccco1)N(C)Cc1ccccc1C.I. The highest BCUT2D eigenvalue weighted by molar-refractivity contribution is 14.0. The predicted molar refractivity (Wildman–Crippen MR) is 110 cm³/mol. The normalized spacial score (nSPS) is 10.8. The fourth-order valence-corrected chi connectivity index (χ4v) is 2.32. The van der Waals surface area contributed by atoms with Crippen molar-refractivity contribution >= 4 is 35.8 Å². The fourth-order valence-electron chi connectivity index (χ4n) is 2.32. The van der Waals surface area contributed by atoms with Gasteiger partial charge in [-0.15, -0.1) is 24.0 Å². The lowest BCUT2D eigenvalue weighted by Gasteiger charge is -2.22. The smallest absolute Gasteiger partial charge is 0.239 e. The zero-order valence-corrected chi connectivity index (χ0v) is 17.1. The third kappa shape index (κ3) is 6.77. The van der Waals surface area contributed by atoms with Crippen molar-refractivity contribution < 1.29 is 9.21 Å². The minimum Gasteiger partial charge on any atom is -0.467 e. The van der Waals surface area contributed by atoms with Crippen molar-refractivity contribution in [3.8, 4) is 0 Å². The van der Waals surface area contributed by atoms with Gasteiger partial charge in [-0.2, -0.15) is 0 Å². The van der Waals surface area contributed by atoms with Gasteiger partial charge in [0.05, 0.1) is 19.4 Å². The van der Waals surface area contributed by atoms with E-state index in [4.69, 9.17) is 4.42 Å². The highest BCUT2D eigenvalue weighted by Crippen LogP contribution is 2.09. The van der Waals surface area contributed by atoms with Crippen LogP contribution in [0.4, 0.5) is 0 Å². The minimum atomic E-state index is -0.114. The standard InChI is InChI=1S/C18H24N4O2.HI/c1-14-7-4-5-8-15(14)13-22(3)18(19-2)21-12-17(23)20-11-16-9-6-10-24-16;/h4-10H,11-13H2,1-3H3,(H,19,21)(H,20,23);1H. The van der Waals surface area contributed by atoms with Gasteiger partial charge < -0.3 is 20.0 Å². The van der Waals surface area contributed by atoms with Crippen LogP contribution in [0, 0.1) is 6.92 Å². The first-order valence-corrected chi connectivity index (χ1v) is 7.85. The van der Waals surface area contributed by atoms with Crippen LogP contribution in [0.25, 0.3) is 0 Å². The lowest BCUT2D eigenvalue weighted by molar-refractivity contribution is -0.120. The van der Waals surface area contributed by atoms with E-state index in [1.807, 2.05) is 30.1 Å². The molecule has 0 aliphatic heterocycles. The quantitative estimate of drug-likeness (QED) is 0.398. The van der Waals surface area contributed by atoms with Gasteiger partial charge >= 0.3 is 0 Å². The van der Waals surface area contributed by atoms with Gasteiger partial charge in [0.1, 0.15) is 5.76 Å². The molecule has 1 aromatic heterocycles. The number of furan rings is 1. The zero-order valence-electron chi connectivity index (χ0n) is 14.8. The molecule has 2 N–H and O–H groups in total. The van der Waals surface area contributed by atoms with E-state index in [-0.39, 0.29) is 36.4 Å². The molecule has 0 bridgehead atoms. The van der Waals surface area contributed by atoms with Gasteiger partial charge in [-0.3, -0.25) is 9.79 Å². The molecule has 0 saturated heterocycles. The van der Waals surface area contributed by atoms with Gasteiger partial charge in [0.15, 0.2) is 5.96 Å². The number of guanidine groups is 1. The van der Waals surface area contributed by atoms with Crippen molar-refractivity contribution in [2.75, 3.05) is 20.6 Å². The number of nitrogens with zero attached hydrogens (tertiary/aromatic N) is 2.